The van der Waals surface area contributed by atoms with Gasteiger partial charge in [0.2, 0.25) is 10.0 Å². The molecule has 0 bridgehead atoms. The van der Waals surface area contributed by atoms with Gasteiger partial charge in [0.05, 0.1) is 4.90 Å². The molecule has 0 radical (unpaired) electrons. The van der Waals surface area contributed by atoms with Gasteiger partial charge >= 0.3 is 5.97 Å². The van der Waals surface area contributed by atoms with Crippen LogP contribution < -0.4 is 4.74 Å². The normalized spacial score (nSPS) is 17.6. The predicted molar refractivity (Wildman–Crippen MR) is 93.5 cm³/mol. The van der Waals surface area contributed by atoms with E-state index >= 15 is 0 Å². The van der Waals surface area contributed by atoms with Crippen molar-refractivity contribution in [2.75, 3.05) is 13.1 Å². The molecule has 0 unspecified atom stereocenters. The summed E-state index contributed by atoms with van der Waals surface area (Å²) in [7, 11) is -3.80. The molecule has 1 heterocycles. The largest absolute Gasteiger partial charge is 0.479 e. The number of rotatable bonds is 5. The van der Waals surface area contributed by atoms with E-state index in [1.54, 1.807) is 24.3 Å². The Bertz CT molecular complexity index is 889. The first kappa shape index (κ1) is 18.4. The van der Waals surface area contributed by atoms with Gasteiger partial charge in [0, 0.05) is 32.0 Å². The molecule has 26 heavy (non-hydrogen) atoms. The Morgan fingerprint density at radius 2 is 1.62 bits per heavy atom. The molecule has 1 saturated heterocycles. The van der Waals surface area contributed by atoms with Crippen LogP contribution in [0.2, 0.25) is 0 Å². The number of benzene rings is 2. The van der Waals surface area contributed by atoms with Crippen molar-refractivity contribution in [2.45, 2.75) is 23.3 Å². The van der Waals surface area contributed by atoms with E-state index in [-0.39, 0.29) is 30.8 Å². The van der Waals surface area contributed by atoms with Crippen LogP contribution in [0.3, 0.4) is 0 Å². The van der Waals surface area contributed by atoms with Crippen molar-refractivity contribution in [2.24, 2.45) is 0 Å². The first-order chi connectivity index (χ1) is 12.3. The number of nitrogens with zero attached hydrogens (tertiary/aromatic N) is 1. The van der Waals surface area contributed by atoms with Crippen LogP contribution >= 0.6 is 0 Å². The van der Waals surface area contributed by atoms with Crippen molar-refractivity contribution in [3.63, 3.8) is 0 Å². The zero-order chi connectivity index (χ0) is 18.8. The lowest BCUT2D eigenvalue weighted by Crippen LogP contribution is -2.50. The van der Waals surface area contributed by atoms with Crippen molar-refractivity contribution in [3.8, 4) is 11.5 Å². The van der Waals surface area contributed by atoms with Gasteiger partial charge in [0.15, 0.2) is 5.60 Å². The van der Waals surface area contributed by atoms with Crippen LogP contribution in [0.25, 0.3) is 0 Å². The Morgan fingerprint density at radius 3 is 2.23 bits per heavy atom. The fourth-order valence-corrected chi connectivity index (χ4v) is 4.26. The second-order valence-corrected chi connectivity index (χ2v) is 8.07. The maximum absolute atomic E-state index is 12.8. The van der Waals surface area contributed by atoms with Crippen molar-refractivity contribution in [3.05, 3.63) is 54.6 Å². The molecule has 0 atom stereocenters. The highest BCUT2D eigenvalue weighted by molar-refractivity contribution is 7.89. The van der Waals surface area contributed by atoms with Crippen LogP contribution in [0.1, 0.15) is 12.8 Å². The molecule has 2 N–H and O–H groups in total. The lowest BCUT2D eigenvalue weighted by Gasteiger charge is -2.34. The monoisotopic (exact) mass is 377 g/mol. The third kappa shape index (κ3) is 3.72. The Labute approximate surface area is 151 Å². The minimum Gasteiger partial charge on any atom is -0.479 e. The molecule has 0 amide bonds. The van der Waals surface area contributed by atoms with Crippen molar-refractivity contribution < 1.29 is 28.2 Å². The lowest BCUT2D eigenvalue weighted by atomic mass is 9.93. The summed E-state index contributed by atoms with van der Waals surface area (Å²) in [6, 6.07) is 15.1. The van der Waals surface area contributed by atoms with Gasteiger partial charge < -0.3 is 14.9 Å². The third-order valence-electron chi connectivity index (χ3n) is 4.37. The first-order valence-corrected chi connectivity index (χ1v) is 9.54. The Kier molecular flexibility index (Phi) is 4.99. The lowest BCUT2D eigenvalue weighted by molar-refractivity contribution is -0.162. The predicted octanol–water partition coefficient (Wildman–Crippen LogP) is 2.08. The smallest absolute Gasteiger partial charge is 0.335 e. The van der Waals surface area contributed by atoms with Crippen molar-refractivity contribution >= 4 is 16.0 Å². The summed E-state index contributed by atoms with van der Waals surface area (Å²) >= 11 is 0. The van der Waals surface area contributed by atoms with Crippen LogP contribution in [0.15, 0.2) is 59.5 Å². The van der Waals surface area contributed by atoms with Crippen LogP contribution in [0, 0.1) is 0 Å². The molecule has 8 heteroatoms. The fraction of sp³-hybridized carbons (Fsp3) is 0.278. The van der Waals surface area contributed by atoms with Gasteiger partial charge in [-0.15, -0.1) is 0 Å². The van der Waals surface area contributed by atoms with Gasteiger partial charge in [-0.3, -0.25) is 0 Å². The summed E-state index contributed by atoms with van der Waals surface area (Å²) in [5, 5.41) is 19.0. The zero-order valence-electron chi connectivity index (χ0n) is 13.9. The second kappa shape index (κ2) is 7.06. The molecule has 0 aromatic heterocycles. The average molecular weight is 377 g/mol. The van der Waals surface area contributed by atoms with Crippen LogP contribution in [-0.2, 0) is 14.8 Å². The highest BCUT2D eigenvalue weighted by atomic mass is 32.2. The van der Waals surface area contributed by atoms with Crippen molar-refractivity contribution in [1.29, 1.82) is 0 Å². The summed E-state index contributed by atoms with van der Waals surface area (Å²) < 4.78 is 32.5. The van der Waals surface area contributed by atoms with Gasteiger partial charge in [-0.1, -0.05) is 24.3 Å². The van der Waals surface area contributed by atoms with E-state index in [0.717, 1.165) is 0 Å². The zero-order valence-corrected chi connectivity index (χ0v) is 14.7. The minimum atomic E-state index is -3.80. The Hall–Kier alpha value is -2.42. The number of ether oxygens (including phenoxy) is 1. The van der Waals surface area contributed by atoms with Gasteiger partial charge in [-0.2, -0.15) is 4.31 Å². The maximum Gasteiger partial charge on any atom is 0.335 e. The van der Waals surface area contributed by atoms with Gasteiger partial charge in [0.1, 0.15) is 11.5 Å². The van der Waals surface area contributed by atoms with E-state index in [4.69, 9.17) is 9.84 Å². The van der Waals surface area contributed by atoms with E-state index in [1.165, 1.54) is 16.4 Å². The SMILES string of the molecule is O=C(O)C1(O)CCN(S(=O)(=O)c2cccc(Oc3ccccc3)c2)CC1. The number of hydrogen-bond acceptors (Lipinski definition) is 5. The fourth-order valence-electron chi connectivity index (χ4n) is 2.78. The van der Waals surface area contributed by atoms with E-state index in [2.05, 4.69) is 0 Å². The molecule has 1 aliphatic heterocycles. The summed E-state index contributed by atoms with van der Waals surface area (Å²) in [5.41, 5.74) is -1.87. The maximum atomic E-state index is 12.8. The number of piperidine rings is 1. The van der Waals surface area contributed by atoms with Crippen molar-refractivity contribution in [1.82, 2.24) is 4.31 Å². The molecule has 1 fully saturated rings. The molecule has 0 saturated carbocycles. The third-order valence-corrected chi connectivity index (χ3v) is 6.26. The summed E-state index contributed by atoms with van der Waals surface area (Å²) in [5.74, 6) is -0.351. The number of hydrogen-bond donors (Lipinski definition) is 2. The molecule has 2 aromatic rings. The van der Waals surface area contributed by atoms with E-state index in [9.17, 15) is 18.3 Å². The van der Waals surface area contributed by atoms with Gasteiger partial charge in [0.25, 0.3) is 0 Å². The molecular weight excluding hydrogens is 358 g/mol. The van der Waals surface area contributed by atoms with E-state index < -0.39 is 21.6 Å². The van der Waals surface area contributed by atoms with Crippen LogP contribution in [-0.4, -0.2) is 47.6 Å². The summed E-state index contributed by atoms with van der Waals surface area (Å²) in [6.07, 6.45) is -0.302. The number of carboxylic acids is 1. The van der Waals surface area contributed by atoms with Crippen LogP contribution in [0.4, 0.5) is 0 Å². The molecule has 0 aliphatic carbocycles. The molecule has 138 valence electrons. The number of carbonyl (C=O) groups is 1. The standard InChI is InChI=1S/C18H19NO6S/c20-17(21)18(22)9-11-19(12-10-18)26(23,24)16-8-4-7-15(13-16)25-14-5-2-1-3-6-14/h1-8,13,22H,9-12H2,(H,20,21). The molecule has 1 aliphatic rings. The minimum absolute atomic E-state index is 0.0606. The van der Waals surface area contributed by atoms with E-state index in [0.29, 0.717) is 11.5 Å². The Morgan fingerprint density at radius 1 is 1.00 bits per heavy atom. The summed E-state index contributed by atoms with van der Waals surface area (Å²) in [6.45, 7) is -0.121. The number of aliphatic carboxylic acids is 1. The second-order valence-electron chi connectivity index (χ2n) is 6.13. The Balaban J connectivity index is 1.78. The number of aliphatic hydroxyl groups is 1. The summed E-state index contributed by atoms with van der Waals surface area (Å²) in [4.78, 5) is 11.1. The molecule has 2 aromatic carbocycles. The molecule has 0 spiro atoms. The molecular formula is C18H19NO6S. The number of sulfonamides is 1. The van der Waals surface area contributed by atoms with Crippen LogP contribution in [0.5, 0.6) is 11.5 Å². The first-order valence-electron chi connectivity index (χ1n) is 8.10. The quantitative estimate of drug-likeness (QED) is 0.827. The van der Waals surface area contributed by atoms with Gasteiger partial charge in [-0.25, -0.2) is 13.2 Å². The molecule has 7 nitrogen and oxygen atoms in total. The van der Waals surface area contributed by atoms with Gasteiger partial charge in [-0.05, 0) is 24.3 Å². The number of carboxylic acid groups (broad SMARTS) is 1. The highest BCUT2D eigenvalue weighted by Crippen LogP contribution is 2.29. The highest BCUT2D eigenvalue weighted by Gasteiger charge is 2.42. The molecule has 3 rings (SSSR count). The topological polar surface area (TPSA) is 104 Å². The average Bonchev–Trinajstić information content (AvgIpc) is 2.63. The number of para-hydroxylation sites is 1. The van der Waals surface area contributed by atoms with E-state index in [1.807, 2.05) is 18.2 Å².